The molecule has 19 heavy (non-hydrogen) atoms. The first-order chi connectivity index (χ1) is 9.15. The maximum atomic E-state index is 12.1. The smallest absolute Gasteiger partial charge is 0.273 e. The number of halogens is 1. The predicted molar refractivity (Wildman–Crippen MR) is 74.3 cm³/mol. The molecule has 0 aliphatic heterocycles. The number of rotatable bonds is 2. The Morgan fingerprint density at radius 2 is 2.26 bits per heavy atom. The molecule has 5 heteroatoms. The number of benzene rings is 1. The predicted octanol–water partition coefficient (Wildman–Crippen LogP) is 2.77. The van der Waals surface area contributed by atoms with Crippen LogP contribution in [0.3, 0.4) is 0 Å². The Morgan fingerprint density at radius 1 is 1.47 bits per heavy atom. The van der Waals surface area contributed by atoms with Crippen LogP contribution < -0.4 is 5.32 Å². The van der Waals surface area contributed by atoms with Gasteiger partial charge in [0.05, 0.1) is 6.04 Å². The number of aromatic nitrogens is 1. The molecular formula is C14H13BrN2O2. The zero-order valence-corrected chi connectivity index (χ0v) is 12.0. The number of hydrogen-bond acceptors (Lipinski definition) is 3. The molecule has 2 atom stereocenters. The zero-order valence-electron chi connectivity index (χ0n) is 10.4. The number of aryl methyl sites for hydroxylation is 1. The Balaban J connectivity index is 1.82. The van der Waals surface area contributed by atoms with Crippen molar-refractivity contribution in [1.29, 1.82) is 0 Å². The summed E-state index contributed by atoms with van der Waals surface area (Å²) < 4.78 is 4.92. The van der Waals surface area contributed by atoms with Crippen LogP contribution in [-0.2, 0) is 6.42 Å². The maximum Gasteiger partial charge on any atom is 0.273 e. The highest BCUT2D eigenvalue weighted by atomic mass is 79.9. The van der Waals surface area contributed by atoms with Crippen LogP contribution in [0.15, 0.2) is 34.9 Å². The van der Waals surface area contributed by atoms with Crippen molar-refractivity contribution in [1.82, 2.24) is 10.5 Å². The highest BCUT2D eigenvalue weighted by Gasteiger charge is 2.32. The van der Waals surface area contributed by atoms with E-state index in [0.29, 0.717) is 11.5 Å². The van der Waals surface area contributed by atoms with Crippen LogP contribution in [0.5, 0.6) is 0 Å². The van der Waals surface area contributed by atoms with Crippen molar-refractivity contribution in [2.45, 2.75) is 24.2 Å². The number of carbonyl (C=O) groups excluding carboxylic acids is 1. The summed E-state index contributed by atoms with van der Waals surface area (Å²) >= 11 is 3.63. The van der Waals surface area contributed by atoms with Crippen molar-refractivity contribution >= 4 is 21.8 Å². The molecule has 0 saturated carbocycles. The Morgan fingerprint density at radius 3 is 3.00 bits per heavy atom. The lowest BCUT2D eigenvalue weighted by molar-refractivity contribution is 0.0929. The van der Waals surface area contributed by atoms with Gasteiger partial charge in [-0.1, -0.05) is 45.4 Å². The molecule has 1 aromatic carbocycles. The molecule has 2 unspecified atom stereocenters. The normalized spacial score (nSPS) is 21.2. The van der Waals surface area contributed by atoms with Gasteiger partial charge >= 0.3 is 0 Å². The number of amides is 1. The van der Waals surface area contributed by atoms with Crippen LogP contribution in [0, 0.1) is 6.92 Å². The van der Waals surface area contributed by atoms with Gasteiger partial charge in [-0.05, 0) is 24.5 Å². The average molecular weight is 321 g/mol. The van der Waals surface area contributed by atoms with Crippen molar-refractivity contribution in [3.63, 3.8) is 0 Å². The SMILES string of the molecule is Cc1cc(C(=O)NC2c3ccccc3CC2Br)no1. The third kappa shape index (κ3) is 2.30. The van der Waals surface area contributed by atoms with Crippen molar-refractivity contribution in [2.75, 3.05) is 0 Å². The molecule has 1 aliphatic carbocycles. The largest absolute Gasteiger partial charge is 0.361 e. The summed E-state index contributed by atoms with van der Waals surface area (Å²) in [5.41, 5.74) is 2.76. The minimum atomic E-state index is -0.206. The quantitative estimate of drug-likeness (QED) is 0.866. The second-order valence-electron chi connectivity index (χ2n) is 4.69. The molecule has 0 bridgehead atoms. The average Bonchev–Trinajstić information content (AvgIpc) is 2.95. The molecule has 3 rings (SSSR count). The van der Waals surface area contributed by atoms with E-state index in [9.17, 15) is 4.79 Å². The topological polar surface area (TPSA) is 55.1 Å². The van der Waals surface area contributed by atoms with Crippen LogP contribution in [-0.4, -0.2) is 15.9 Å². The highest BCUT2D eigenvalue weighted by molar-refractivity contribution is 9.09. The zero-order chi connectivity index (χ0) is 13.4. The minimum Gasteiger partial charge on any atom is -0.361 e. The molecule has 98 valence electrons. The Labute approximate surface area is 119 Å². The molecule has 2 aromatic rings. The van der Waals surface area contributed by atoms with Gasteiger partial charge in [-0.25, -0.2) is 0 Å². The molecule has 0 fully saturated rings. The molecule has 1 N–H and O–H groups in total. The first kappa shape index (κ1) is 12.4. The first-order valence-electron chi connectivity index (χ1n) is 6.11. The van der Waals surface area contributed by atoms with Gasteiger partial charge in [-0.15, -0.1) is 0 Å². The van der Waals surface area contributed by atoms with Crippen LogP contribution in [0.1, 0.15) is 33.4 Å². The number of nitrogens with one attached hydrogen (secondary N) is 1. The molecule has 1 amide bonds. The Bertz CT molecular complexity index is 623. The highest BCUT2D eigenvalue weighted by Crippen LogP contribution is 2.35. The summed E-state index contributed by atoms with van der Waals surface area (Å²) in [7, 11) is 0. The monoisotopic (exact) mass is 320 g/mol. The van der Waals surface area contributed by atoms with Crippen LogP contribution in [0.25, 0.3) is 0 Å². The van der Waals surface area contributed by atoms with Gasteiger partial charge in [0, 0.05) is 10.9 Å². The van der Waals surface area contributed by atoms with Gasteiger partial charge in [-0.3, -0.25) is 4.79 Å². The van der Waals surface area contributed by atoms with Crippen LogP contribution in [0.2, 0.25) is 0 Å². The molecule has 1 aromatic heterocycles. The number of nitrogens with zero attached hydrogens (tertiary/aromatic N) is 1. The first-order valence-corrected chi connectivity index (χ1v) is 7.03. The van der Waals surface area contributed by atoms with E-state index in [0.717, 1.165) is 12.0 Å². The molecule has 0 radical (unpaired) electrons. The summed E-state index contributed by atoms with van der Waals surface area (Å²) in [4.78, 5) is 12.3. The molecule has 1 aliphatic rings. The van der Waals surface area contributed by atoms with Crippen LogP contribution in [0.4, 0.5) is 0 Å². The van der Waals surface area contributed by atoms with E-state index in [-0.39, 0.29) is 16.8 Å². The fraction of sp³-hybridized carbons (Fsp3) is 0.286. The fourth-order valence-electron chi connectivity index (χ4n) is 2.40. The van der Waals surface area contributed by atoms with E-state index in [4.69, 9.17) is 4.52 Å². The van der Waals surface area contributed by atoms with Gasteiger partial charge < -0.3 is 9.84 Å². The molecule has 1 heterocycles. The number of fused-ring (bicyclic) bond motifs is 1. The van der Waals surface area contributed by atoms with Crippen molar-refractivity contribution in [2.24, 2.45) is 0 Å². The van der Waals surface area contributed by atoms with E-state index < -0.39 is 0 Å². The molecule has 0 spiro atoms. The number of alkyl halides is 1. The Kier molecular flexibility index (Phi) is 3.14. The van der Waals surface area contributed by atoms with Gasteiger partial charge in [-0.2, -0.15) is 0 Å². The lowest BCUT2D eigenvalue weighted by Crippen LogP contribution is -2.31. The second kappa shape index (κ2) is 4.81. The number of carbonyl (C=O) groups is 1. The molecule has 4 nitrogen and oxygen atoms in total. The van der Waals surface area contributed by atoms with Crippen LogP contribution >= 0.6 is 15.9 Å². The summed E-state index contributed by atoms with van der Waals surface area (Å²) in [5.74, 6) is 0.426. The Hall–Kier alpha value is -1.62. The number of hydrogen-bond donors (Lipinski definition) is 1. The lowest BCUT2D eigenvalue weighted by atomic mass is 10.1. The van der Waals surface area contributed by atoms with E-state index in [1.165, 1.54) is 5.56 Å². The van der Waals surface area contributed by atoms with Crippen molar-refractivity contribution in [3.05, 3.63) is 52.9 Å². The summed E-state index contributed by atoms with van der Waals surface area (Å²) in [6.07, 6.45) is 0.916. The molecule has 0 saturated heterocycles. The summed E-state index contributed by atoms with van der Waals surface area (Å²) in [6, 6.07) is 9.76. The van der Waals surface area contributed by atoms with Crippen molar-refractivity contribution in [3.8, 4) is 0 Å². The molecular weight excluding hydrogens is 308 g/mol. The fourth-order valence-corrected chi connectivity index (χ4v) is 3.17. The summed E-state index contributed by atoms with van der Waals surface area (Å²) in [5, 5.41) is 6.74. The van der Waals surface area contributed by atoms with E-state index >= 15 is 0 Å². The third-order valence-electron chi connectivity index (χ3n) is 3.31. The van der Waals surface area contributed by atoms with Gasteiger partial charge in [0.25, 0.3) is 5.91 Å². The van der Waals surface area contributed by atoms with Gasteiger partial charge in [0.1, 0.15) is 5.76 Å². The maximum absolute atomic E-state index is 12.1. The second-order valence-corrected chi connectivity index (χ2v) is 5.87. The van der Waals surface area contributed by atoms with E-state index in [1.54, 1.807) is 13.0 Å². The van der Waals surface area contributed by atoms with E-state index in [2.05, 4.69) is 38.5 Å². The minimum absolute atomic E-state index is 0.0271. The van der Waals surface area contributed by atoms with E-state index in [1.807, 2.05) is 12.1 Å². The van der Waals surface area contributed by atoms with Gasteiger partial charge in [0.15, 0.2) is 5.69 Å². The van der Waals surface area contributed by atoms with Gasteiger partial charge in [0.2, 0.25) is 0 Å². The van der Waals surface area contributed by atoms with Crippen molar-refractivity contribution < 1.29 is 9.32 Å². The summed E-state index contributed by atoms with van der Waals surface area (Å²) in [6.45, 7) is 1.77. The third-order valence-corrected chi connectivity index (χ3v) is 4.17. The standard InChI is InChI=1S/C14H13BrN2O2/c1-8-6-12(17-19-8)14(18)16-13-10-5-3-2-4-9(10)7-11(13)15/h2-6,11,13H,7H2,1H3,(H,16,18). The lowest BCUT2D eigenvalue weighted by Gasteiger charge is -2.16.